The van der Waals surface area contributed by atoms with Crippen LogP contribution >= 0.6 is 0 Å². The highest BCUT2D eigenvalue weighted by molar-refractivity contribution is 5.96. The SMILES string of the molecule is [C-]#[N+]c1ccc2c(c1)CCOCc1cc(ccc1Cc1nc3c(OC)cc(C(=O)OC)cc3n1C[C@@H]1CCO1)-c1nccc(n1)OC2. The third-order valence-electron chi connectivity index (χ3n) is 8.63. The Morgan fingerprint density at radius 3 is 2.70 bits per heavy atom. The van der Waals surface area contributed by atoms with Gasteiger partial charge in [-0.05, 0) is 53.3 Å². The molecule has 1 fully saturated rings. The predicted octanol–water partition coefficient (Wildman–Crippen LogP) is 5.87. The van der Waals surface area contributed by atoms with E-state index < -0.39 is 5.97 Å². The van der Waals surface area contributed by atoms with Crippen molar-refractivity contribution in [3.05, 3.63) is 106 Å². The van der Waals surface area contributed by atoms with Gasteiger partial charge in [0, 0.05) is 30.9 Å². The minimum Gasteiger partial charge on any atom is -0.494 e. The van der Waals surface area contributed by atoms with Gasteiger partial charge < -0.3 is 28.3 Å². The summed E-state index contributed by atoms with van der Waals surface area (Å²) in [6, 6.07) is 17.0. The fourth-order valence-corrected chi connectivity index (χ4v) is 5.98. The van der Waals surface area contributed by atoms with Gasteiger partial charge in [-0.3, -0.25) is 0 Å². The van der Waals surface area contributed by atoms with Crippen LogP contribution in [0.2, 0.25) is 0 Å². The number of nitrogens with zero attached hydrogens (tertiary/aromatic N) is 5. The molecule has 11 heteroatoms. The highest BCUT2D eigenvalue weighted by atomic mass is 16.5. The summed E-state index contributed by atoms with van der Waals surface area (Å²) in [5.41, 5.74) is 7.26. The van der Waals surface area contributed by atoms with Crippen LogP contribution in [0.4, 0.5) is 5.69 Å². The van der Waals surface area contributed by atoms with Gasteiger partial charge in [0.2, 0.25) is 5.88 Å². The number of esters is 1. The van der Waals surface area contributed by atoms with Crippen LogP contribution in [-0.4, -0.2) is 59.0 Å². The van der Waals surface area contributed by atoms with E-state index in [1.165, 1.54) is 7.11 Å². The second-order valence-electron chi connectivity index (χ2n) is 11.5. The first kappa shape index (κ1) is 30.3. The van der Waals surface area contributed by atoms with E-state index in [-0.39, 0.29) is 6.10 Å². The van der Waals surface area contributed by atoms with Crippen molar-refractivity contribution in [2.24, 2.45) is 0 Å². The maximum Gasteiger partial charge on any atom is 0.338 e. The van der Waals surface area contributed by atoms with Crippen LogP contribution in [0.5, 0.6) is 11.6 Å². The summed E-state index contributed by atoms with van der Waals surface area (Å²) >= 11 is 0. The Hall–Kier alpha value is -5.31. The van der Waals surface area contributed by atoms with Crippen LogP contribution in [0.1, 0.15) is 44.9 Å². The molecule has 2 aliphatic rings. The molecule has 4 bridgehead atoms. The Morgan fingerprint density at radius 2 is 1.91 bits per heavy atom. The quantitative estimate of drug-likeness (QED) is 0.168. The lowest BCUT2D eigenvalue weighted by atomic mass is 10.0. The summed E-state index contributed by atoms with van der Waals surface area (Å²) < 4.78 is 31.0. The zero-order valence-corrected chi connectivity index (χ0v) is 26.2. The Balaban J connectivity index is 1.27. The molecule has 0 unspecified atom stereocenters. The fraction of sp³-hybridized carbons (Fsp3) is 0.306. The Labute approximate surface area is 271 Å². The van der Waals surface area contributed by atoms with Gasteiger partial charge in [-0.2, -0.15) is 4.98 Å². The summed E-state index contributed by atoms with van der Waals surface area (Å²) in [5, 5.41) is 0. The Morgan fingerprint density at radius 1 is 1.02 bits per heavy atom. The topological polar surface area (TPSA) is 111 Å². The van der Waals surface area contributed by atoms with E-state index >= 15 is 0 Å². The number of imidazole rings is 1. The largest absolute Gasteiger partial charge is 0.494 e. The smallest absolute Gasteiger partial charge is 0.338 e. The highest BCUT2D eigenvalue weighted by Gasteiger charge is 2.25. The van der Waals surface area contributed by atoms with Crippen LogP contribution in [0.15, 0.2) is 60.8 Å². The number of carbonyl (C=O) groups is 1. The van der Waals surface area contributed by atoms with Crippen LogP contribution in [0, 0.1) is 6.57 Å². The van der Waals surface area contributed by atoms with Crippen molar-refractivity contribution in [2.45, 2.75) is 45.1 Å². The fourth-order valence-electron chi connectivity index (χ4n) is 5.98. The van der Waals surface area contributed by atoms with Gasteiger partial charge in [0.15, 0.2) is 11.5 Å². The minimum atomic E-state index is -0.446. The molecule has 7 rings (SSSR count). The molecular formula is C36H33N5O6. The standard InChI is InChI=1S/C36H33N5O6/c1-37-28-7-6-25-21-47-33-8-11-38-35(40-33)24-5-4-22(27(14-24)20-45-12-9-23(25)15-28)18-32-39-34-30(41(32)19-29-10-13-46-29)16-26(36(42)44-3)17-31(34)43-2/h4-8,11,14-17,29H,9-10,12-13,18-21H2,2-3H3/t29-/m0/s1. The predicted molar refractivity (Wildman–Crippen MR) is 173 cm³/mol. The van der Waals surface area contributed by atoms with Gasteiger partial charge >= 0.3 is 5.97 Å². The second-order valence-corrected chi connectivity index (χ2v) is 11.5. The summed E-state index contributed by atoms with van der Waals surface area (Å²) in [6.45, 7) is 9.93. The lowest BCUT2D eigenvalue weighted by Gasteiger charge is -2.27. The van der Waals surface area contributed by atoms with Gasteiger partial charge in [0.05, 0.1) is 57.7 Å². The maximum atomic E-state index is 12.5. The first-order valence-corrected chi connectivity index (χ1v) is 15.4. The molecule has 0 amide bonds. The molecule has 1 atom stereocenters. The van der Waals surface area contributed by atoms with Crippen molar-refractivity contribution < 1.29 is 28.5 Å². The number of carbonyl (C=O) groups excluding carboxylic acids is 1. The van der Waals surface area contributed by atoms with Gasteiger partial charge in [0.1, 0.15) is 23.7 Å². The molecular weight excluding hydrogens is 598 g/mol. The van der Waals surface area contributed by atoms with Gasteiger partial charge in [-0.1, -0.05) is 30.3 Å². The molecule has 11 nitrogen and oxygen atoms in total. The zero-order chi connectivity index (χ0) is 32.3. The molecule has 5 aromatic rings. The molecule has 0 radical (unpaired) electrons. The van der Waals surface area contributed by atoms with E-state index in [1.54, 1.807) is 37.6 Å². The molecule has 3 aromatic carbocycles. The van der Waals surface area contributed by atoms with Crippen molar-refractivity contribution in [3.63, 3.8) is 0 Å². The molecule has 2 aromatic heterocycles. The lowest BCUT2D eigenvalue weighted by molar-refractivity contribution is -0.0589. The third kappa shape index (κ3) is 6.25. The first-order valence-electron chi connectivity index (χ1n) is 15.4. The molecule has 238 valence electrons. The van der Waals surface area contributed by atoms with Gasteiger partial charge in [-0.25, -0.2) is 19.6 Å². The minimum absolute atomic E-state index is 0.0561. The summed E-state index contributed by atoms with van der Waals surface area (Å²) in [5.74, 6) is 1.88. The molecule has 1 saturated heterocycles. The number of benzene rings is 3. The van der Waals surface area contributed by atoms with Crippen molar-refractivity contribution in [3.8, 4) is 23.0 Å². The number of rotatable bonds is 6. The number of aromatic nitrogens is 4. The number of methoxy groups -OCH3 is 2. The third-order valence-corrected chi connectivity index (χ3v) is 8.63. The van der Waals surface area contributed by atoms with Crippen LogP contribution in [0.25, 0.3) is 27.3 Å². The molecule has 0 saturated carbocycles. The highest BCUT2D eigenvalue weighted by Crippen LogP contribution is 2.32. The Bertz CT molecular complexity index is 2010. The number of hydrogen-bond acceptors (Lipinski definition) is 9. The van der Waals surface area contributed by atoms with Crippen LogP contribution in [-0.2, 0) is 46.8 Å². The maximum absolute atomic E-state index is 12.5. The monoisotopic (exact) mass is 631 g/mol. The summed E-state index contributed by atoms with van der Waals surface area (Å²) in [4.78, 5) is 30.4. The second kappa shape index (κ2) is 13.2. The molecule has 47 heavy (non-hydrogen) atoms. The number of fused-ring (bicyclic) bond motifs is 7. The molecule has 4 heterocycles. The number of hydrogen-bond donors (Lipinski definition) is 0. The number of ether oxygens (including phenoxy) is 5. The van der Waals surface area contributed by atoms with Crippen molar-refractivity contribution in [1.82, 2.24) is 19.5 Å². The Kier molecular flexibility index (Phi) is 8.52. The average Bonchev–Trinajstić information content (AvgIpc) is 3.43. The van der Waals surface area contributed by atoms with Gasteiger partial charge in [0.25, 0.3) is 0 Å². The molecule has 0 aliphatic carbocycles. The van der Waals surface area contributed by atoms with E-state index in [9.17, 15) is 4.79 Å². The zero-order valence-electron chi connectivity index (χ0n) is 26.2. The lowest BCUT2D eigenvalue weighted by Crippen LogP contribution is -2.31. The van der Waals surface area contributed by atoms with Crippen molar-refractivity contribution in [2.75, 3.05) is 27.4 Å². The summed E-state index contributed by atoms with van der Waals surface area (Å²) in [6.07, 6.45) is 3.83. The van der Waals surface area contributed by atoms with Crippen molar-refractivity contribution in [1.29, 1.82) is 0 Å². The molecule has 0 N–H and O–H groups in total. The molecule has 2 aliphatic heterocycles. The van der Waals surface area contributed by atoms with Crippen molar-refractivity contribution >= 4 is 22.7 Å². The average molecular weight is 632 g/mol. The van der Waals surface area contributed by atoms with E-state index in [2.05, 4.69) is 31.5 Å². The van der Waals surface area contributed by atoms with Crippen LogP contribution in [0.3, 0.4) is 0 Å². The van der Waals surface area contributed by atoms with E-state index in [1.807, 2.05) is 18.2 Å². The first-order chi connectivity index (χ1) is 23.0. The van der Waals surface area contributed by atoms with E-state index in [4.69, 9.17) is 35.2 Å². The molecule has 0 spiro atoms. The summed E-state index contributed by atoms with van der Waals surface area (Å²) in [7, 11) is 2.93. The normalized spacial score (nSPS) is 15.8. The van der Waals surface area contributed by atoms with E-state index in [0.717, 1.165) is 52.2 Å². The van der Waals surface area contributed by atoms with Crippen LogP contribution < -0.4 is 9.47 Å². The van der Waals surface area contributed by atoms with Gasteiger partial charge in [-0.15, -0.1) is 0 Å². The van der Waals surface area contributed by atoms with E-state index in [0.29, 0.717) is 73.4 Å².